The maximum absolute atomic E-state index is 13.3. The molecular weight excluding hydrogens is 598 g/mol. The second-order valence-electron chi connectivity index (χ2n) is 8.48. The molecule has 0 atom stereocenters. The Bertz CT molecular complexity index is 1500. The number of ether oxygens (including phenoxy) is 4. The molecule has 0 bridgehead atoms. The highest BCUT2D eigenvalue weighted by molar-refractivity contribution is 9.10. The lowest BCUT2D eigenvalue weighted by molar-refractivity contribution is -0.122. The summed E-state index contributed by atoms with van der Waals surface area (Å²) < 4.78 is 22.1. The monoisotopic (exact) mass is 623 g/mol. The molecule has 5 amide bonds. The van der Waals surface area contributed by atoms with Crippen molar-refractivity contribution in [1.82, 2.24) is 5.32 Å². The zero-order chi connectivity index (χ0) is 29.5. The van der Waals surface area contributed by atoms with Crippen LogP contribution in [0.15, 0.2) is 70.7 Å². The molecule has 0 aliphatic carbocycles. The molecule has 0 aromatic heterocycles. The fourth-order valence-corrected chi connectivity index (χ4v) is 4.45. The van der Waals surface area contributed by atoms with Crippen molar-refractivity contribution in [1.29, 1.82) is 0 Å². The lowest BCUT2D eigenvalue weighted by Crippen LogP contribution is -2.54. The van der Waals surface area contributed by atoms with Crippen molar-refractivity contribution in [3.8, 4) is 23.0 Å². The van der Waals surface area contributed by atoms with Gasteiger partial charge in [-0.3, -0.25) is 19.7 Å². The number of urea groups is 1. The van der Waals surface area contributed by atoms with Crippen LogP contribution in [0.2, 0.25) is 0 Å². The Labute approximate surface area is 244 Å². The summed E-state index contributed by atoms with van der Waals surface area (Å²) >= 11 is 3.43. The summed E-state index contributed by atoms with van der Waals surface area (Å²) in [5.41, 5.74) is 0.989. The van der Waals surface area contributed by atoms with Gasteiger partial charge >= 0.3 is 6.03 Å². The number of imide groups is 2. The zero-order valence-electron chi connectivity index (χ0n) is 22.4. The molecular formula is C29H26BrN3O8. The quantitative estimate of drug-likeness (QED) is 0.248. The molecule has 12 heteroatoms. The minimum Gasteiger partial charge on any atom is -0.497 e. The van der Waals surface area contributed by atoms with Crippen molar-refractivity contribution in [3.05, 3.63) is 76.3 Å². The third kappa shape index (κ3) is 6.84. The second kappa shape index (κ2) is 13.0. The van der Waals surface area contributed by atoms with Gasteiger partial charge in [-0.15, -0.1) is 0 Å². The molecule has 3 aromatic carbocycles. The third-order valence-corrected chi connectivity index (χ3v) is 6.39. The van der Waals surface area contributed by atoms with Crippen molar-refractivity contribution in [3.63, 3.8) is 0 Å². The summed E-state index contributed by atoms with van der Waals surface area (Å²) in [6, 6.07) is 15.4. The standard InChI is InChI=1S/C29H26BrN3O8/c1-4-40-24-15-17(14-23(30)26(24)41-16-25(34)31-18-5-9-20(38-2)10-6-18)13-22-27(35)32-29(37)33(28(22)36)19-7-11-21(39-3)12-8-19/h5-15H,4,16H2,1-3H3,(H,31,34)(H,32,35,37)/b22-13+. The molecule has 1 saturated heterocycles. The lowest BCUT2D eigenvalue weighted by Gasteiger charge is -2.26. The largest absolute Gasteiger partial charge is 0.497 e. The third-order valence-electron chi connectivity index (χ3n) is 5.80. The van der Waals surface area contributed by atoms with Crippen LogP contribution < -0.4 is 34.5 Å². The molecule has 0 radical (unpaired) electrons. The first kappa shape index (κ1) is 29.2. The highest BCUT2D eigenvalue weighted by atomic mass is 79.9. The number of barbiturate groups is 1. The van der Waals surface area contributed by atoms with E-state index in [1.807, 2.05) is 0 Å². The molecule has 0 unspecified atom stereocenters. The van der Waals surface area contributed by atoms with E-state index in [1.54, 1.807) is 62.6 Å². The summed E-state index contributed by atoms with van der Waals surface area (Å²) in [6.07, 6.45) is 1.34. The molecule has 1 fully saturated rings. The summed E-state index contributed by atoms with van der Waals surface area (Å²) in [5, 5.41) is 4.92. The first-order chi connectivity index (χ1) is 19.7. The minimum absolute atomic E-state index is 0.258. The number of hydrogen-bond donors (Lipinski definition) is 2. The Morgan fingerprint density at radius 1 is 0.951 bits per heavy atom. The van der Waals surface area contributed by atoms with Crippen molar-refractivity contribution in [2.45, 2.75) is 6.92 Å². The summed E-state index contributed by atoms with van der Waals surface area (Å²) in [7, 11) is 3.05. The van der Waals surface area contributed by atoms with Crippen LogP contribution in [0.3, 0.4) is 0 Å². The van der Waals surface area contributed by atoms with E-state index in [-0.39, 0.29) is 36.0 Å². The molecule has 0 saturated carbocycles. The van der Waals surface area contributed by atoms with Crippen LogP contribution in [0.25, 0.3) is 6.08 Å². The summed E-state index contributed by atoms with van der Waals surface area (Å²) in [4.78, 5) is 51.7. The normalized spacial score (nSPS) is 14.0. The van der Waals surface area contributed by atoms with Gasteiger partial charge in [-0.1, -0.05) is 0 Å². The minimum atomic E-state index is -0.866. The second-order valence-corrected chi connectivity index (χ2v) is 9.34. The fraction of sp³-hybridized carbons (Fsp3) is 0.172. The van der Waals surface area contributed by atoms with Crippen LogP contribution in [-0.4, -0.2) is 51.2 Å². The molecule has 2 N–H and O–H groups in total. The van der Waals surface area contributed by atoms with Crippen LogP contribution in [-0.2, 0) is 14.4 Å². The molecule has 11 nitrogen and oxygen atoms in total. The van der Waals surface area contributed by atoms with Crippen LogP contribution >= 0.6 is 15.9 Å². The van der Waals surface area contributed by atoms with Gasteiger partial charge < -0.3 is 24.3 Å². The first-order valence-electron chi connectivity index (χ1n) is 12.3. The Kier molecular flexibility index (Phi) is 9.25. The molecule has 1 aliphatic rings. The van der Waals surface area contributed by atoms with Gasteiger partial charge in [-0.25, -0.2) is 9.69 Å². The predicted octanol–water partition coefficient (Wildman–Crippen LogP) is 4.55. The van der Waals surface area contributed by atoms with Crippen LogP contribution in [0.1, 0.15) is 12.5 Å². The van der Waals surface area contributed by atoms with E-state index in [2.05, 4.69) is 26.6 Å². The van der Waals surface area contributed by atoms with Crippen LogP contribution in [0, 0.1) is 0 Å². The van der Waals surface area contributed by atoms with Gasteiger partial charge in [0.1, 0.15) is 17.1 Å². The van der Waals surface area contributed by atoms with E-state index < -0.39 is 23.8 Å². The Morgan fingerprint density at radius 3 is 2.20 bits per heavy atom. The highest BCUT2D eigenvalue weighted by Gasteiger charge is 2.37. The number of anilines is 2. The average molecular weight is 624 g/mol. The topological polar surface area (TPSA) is 132 Å². The first-order valence-corrected chi connectivity index (χ1v) is 13.1. The molecule has 4 rings (SSSR count). The Morgan fingerprint density at radius 2 is 1.59 bits per heavy atom. The number of rotatable bonds is 10. The Hall–Kier alpha value is -4.84. The molecule has 0 spiro atoms. The van der Waals surface area contributed by atoms with E-state index in [1.165, 1.54) is 25.3 Å². The molecule has 41 heavy (non-hydrogen) atoms. The number of halogens is 1. The lowest BCUT2D eigenvalue weighted by atomic mass is 10.1. The number of hydrogen-bond acceptors (Lipinski definition) is 8. The van der Waals surface area contributed by atoms with Crippen LogP contribution in [0.4, 0.5) is 16.2 Å². The maximum Gasteiger partial charge on any atom is 0.335 e. The molecule has 212 valence electrons. The van der Waals surface area contributed by atoms with E-state index in [4.69, 9.17) is 18.9 Å². The van der Waals surface area contributed by atoms with E-state index in [9.17, 15) is 19.2 Å². The predicted molar refractivity (Wildman–Crippen MR) is 154 cm³/mol. The number of methoxy groups -OCH3 is 2. The van der Waals surface area contributed by atoms with E-state index >= 15 is 0 Å². The number of benzene rings is 3. The zero-order valence-corrected chi connectivity index (χ0v) is 23.9. The van der Waals surface area contributed by atoms with Gasteiger partial charge in [0, 0.05) is 5.69 Å². The number of nitrogens with zero attached hydrogens (tertiary/aromatic N) is 1. The van der Waals surface area contributed by atoms with Crippen molar-refractivity contribution in [2.75, 3.05) is 37.7 Å². The van der Waals surface area contributed by atoms with Gasteiger partial charge in [0.15, 0.2) is 18.1 Å². The summed E-state index contributed by atoms with van der Waals surface area (Å²) in [6.45, 7) is 1.74. The SMILES string of the molecule is CCOc1cc(/C=C2\C(=O)NC(=O)N(c3ccc(OC)cc3)C2=O)cc(Br)c1OCC(=O)Nc1ccc(OC)cc1. The van der Waals surface area contributed by atoms with Crippen molar-refractivity contribution in [2.24, 2.45) is 0 Å². The van der Waals surface area contributed by atoms with E-state index in [0.717, 1.165) is 4.90 Å². The average Bonchev–Trinajstić information content (AvgIpc) is 2.95. The van der Waals surface area contributed by atoms with Gasteiger partial charge in [0.05, 0.1) is 31.0 Å². The smallest absolute Gasteiger partial charge is 0.335 e. The van der Waals surface area contributed by atoms with Gasteiger partial charge in [-0.2, -0.15) is 0 Å². The van der Waals surface area contributed by atoms with Crippen molar-refractivity contribution < 1.29 is 38.1 Å². The highest BCUT2D eigenvalue weighted by Crippen LogP contribution is 2.38. The van der Waals surface area contributed by atoms with Crippen LogP contribution in [0.5, 0.6) is 23.0 Å². The van der Waals surface area contributed by atoms with E-state index in [0.29, 0.717) is 27.2 Å². The van der Waals surface area contributed by atoms with Gasteiger partial charge in [0.2, 0.25) is 0 Å². The van der Waals surface area contributed by atoms with Crippen molar-refractivity contribution >= 4 is 57.1 Å². The maximum atomic E-state index is 13.3. The molecule has 1 aliphatic heterocycles. The number of carbonyl (C=O) groups is 4. The number of carbonyl (C=O) groups excluding carboxylic acids is 4. The van der Waals surface area contributed by atoms with Gasteiger partial charge in [-0.05, 0) is 95.2 Å². The molecule has 3 aromatic rings. The Balaban J connectivity index is 1.55. The van der Waals surface area contributed by atoms with Gasteiger partial charge in [0.25, 0.3) is 17.7 Å². The molecule has 1 heterocycles. The summed E-state index contributed by atoms with van der Waals surface area (Å²) in [5.74, 6) is -0.302. The number of nitrogens with one attached hydrogen (secondary N) is 2. The number of amides is 5. The fourth-order valence-electron chi connectivity index (χ4n) is 3.87.